The van der Waals surface area contributed by atoms with E-state index in [2.05, 4.69) is 0 Å². The minimum atomic E-state index is -4.03. The molecule has 0 rings (SSSR count). The molecule has 0 bridgehead atoms. The molecule has 0 aromatic carbocycles. The first kappa shape index (κ1) is 25.1. The standard InChI is InChI=1S/C6H14O7S3.2Na.2H/c7-14(3-1-5-15(8,9)10)4-2-6-16(11,12)13;;;;/h1-6H2,(H,8,9,10)(H,11,12,13);;;;. The molecule has 0 spiro atoms. The van der Waals surface area contributed by atoms with Gasteiger partial charge < -0.3 is 4.55 Å². The van der Waals surface area contributed by atoms with Crippen molar-refractivity contribution in [1.82, 2.24) is 0 Å². The summed E-state index contributed by atoms with van der Waals surface area (Å²) in [6.07, 6.45) is 0.106. The van der Waals surface area contributed by atoms with E-state index in [-0.39, 0.29) is 83.5 Å². The summed E-state index contributed by atoms with van der Waals surface area (Å²) >= 11 is -1.34. The van der Waals surface area contributed by atoms with E-state index in [9.17, 15) is 21.4 Å². The number of hydrogen-bond acceptors (Lipinski definition) is 5. The molecular weight excluding hydrogens is 326 g/mol. The summed E-state index contributed by atoms with van der Waals surface area (Å²) in [7, 11) is -8.07. The van der Waals surface area contributed by atoms with Gasteiger partial charge in [0.25, 0.3) is 20.2 Å². The van der Waals surface area contributed by atoms with E-state index in [1.54, 1.807) is 0 Å². The zero-order valence-corrected chi connectivity index (χ0v) is 10.9. The summed E-state index contributed by atoms with van der Waals surface area (Å²) in [5, 5.41) is 0. The van der Waals surface area contributed by atoms with Crippen LogP contribution in [0.15, 0.2) is 0 Å². The summed E-state index contributed by atoms with van der Waals surface area (Å²) in [5.41, 5.74) is 0. The Hall–Kier alpha value is 2.13. The van der Waals surface area contributed by atoms with E-state index in [1.165, 1.54) is 0 Å². The maximum atomic E-state index is 11.2. The van der Waals surface area contributed by atoms with Gasteiger partial charge in [-0.3, -0.25) is 9.11 Å². The summed E-state index contributed by atoms with van der Waals surface area (Å²) < 4.78 is 69.1. The molecule has 18 heavy (non-hydrogen) atoms. The van der Waals surface area contributed by atoms with Gasteiger partial charge in [0, 0.05) is 12.8 Å². The molecule has 0 saturated carbocycles. The number of rotatable bonds is 8. The van der Waals surface area contributed by atoms with Crippen molar-refractivity contribution in [2.24, 2.45) is 0 Å². The third kappa shape index (κ3) is 20.4. The Kier molecular flexibility index (Phi) is 16.4. The molecule has 0 aliphatic rings. The third-order valence-corrected chi connectivity index (χ3v) is 4.65. The quantitative estimate of drug-likeness (QED) is 0.296. The van der Waals surface area contributed by atoms with E-state index in [0.717, 1.165) is 0 Å². The Morgan fingerprint density at radius 1 is 0.833 bits per heavy atom. The van der Waals surface area contributed by atoms with Crippen LogP contribution in [0.1, 0.15) is 12.8 Å². The summed E-state index contributed by atoms with van der Waals surface area (Å²) in [6.45, 7) is 0. The zero-order valence-electron chi connectivity index (χ0n) is 8.40. The van der Waals surface area contributed by atoms with Crippen molar-refractivity contribution in [3.05, 3.63) is 0 Å². The van der Waals surface area contributed by atoms with Crippen LogP contribution in [0, 0.1) is 0 Å². The molecule has 0 aromatic rings. The molecule has 0 heterocycles. The van der Waals surface area contributed by atoms with Gasteiger partial charge in [0.05, 0.1) is 11.5 Å². The molecule has 12 heteroatoms. The van der Waals surface area contributed by atoms with Crippen molar-refractivity contribution in [3.8, 4) is 0 Å². The van der Waals surface area contributed by atoms with E-state index in [0.29, 0.717) is 0 Å². The molecule has 0 fully saturated rings. The fourth-order valence-electron chi connectivity index (χ4n) is 0.907. The summed E-state index contributed by atoms with van der Waals surface area (Å²) in [6, 6.07) is 0. The molecule has 0 amide bonds. The first-order chi connectivity index (χ1) is 7.10. The van der Waals surface area contributed by atoms with Gasteiger partial charge in [-0.1, -0.05) is 11.2 Å². The first-order valence-electron chi connectivity index (χ1n) is 4.35. The van der Waals surface area contributed by atoms with Gasteiger partial charge in [-0.25, -0.2) is 0 Å². The topological polar surface area (TPSA) is 132 Å². The van der Waals surface area contributed by atoms with Crippen molar-refractivity contribution < 1.29 is 30.5 Å². The predicted octanol–water partition coefficient (Wildman–Crippen LogP) is -2.01. The fraction of sp³-hybridized carbons (Fsp3) is 1.00. The second-order valence-corrected chi connectivity index (χ2v) is 7.97. The monoisotopic (exact) mass is 342 g/mol. The Morgan fingerprint density at radius 2 is 1.11 bits per heavy atom. The van der Waals surface area contributed by atoms with E-state index in [1.807, 2.05) is 0 Å². The van der Waals surface area contributed by atoms with E-state index >= 15 is 0 Å². The average molecular weight is 342 g/mol. The molecule has 0 aromatic heterocycles. The van der Waals surface area contributed by atoms with Crippen LogP contribution in [0.4, 0.5) is 0 Å². The molecule has 2 N–H and O–H groups in total. The Labute approximate surface area is 155 Å². The first-order valence-corrected chi connectivity index (χ1v) is 9.06. The van der Waals surface area contributed by atoms with Crippen molar-refractivity contribution in [2.45, 2.75) is 12.8 Å². The van der Waals surface area contributed by atoms with Gasteiger partial charge in [0.2, 0.25) is 0 Å². The molecule has 0 atom stereocenters. The van der Waals surface area contributed by atoms with Crippen LogP contribution in [-0.4, -0.2) is 113 Å². The molecule has 0 radical (unpaired) electrons. The van der Waals surface area contributed by atoms with Crippen molar-refractivity contribution in [2.75, 3.05) is 23.0 Å². The average Bonchev–Trinajstić information content (AvgIpc) is 1.98. The van der Waals surface area contributed by atoms with Crippen LogP contribution in [0.5, 0.6) is 0 Å². The third-order valence-electron chi connectivity index (χ3n) is 1.55. The molecule has 0 unspecified atom stereocenters. The van der Waals surface area contributed by atoms with Gasteiger partial charge in [-0.15, -0.1) is 0 Å². The number of hydrogen-bond donors (Lipinski definition) is 2. The molecule has 0 saturated heterocycles. The van der Waals surface area contributed by atoms with Crippen LogP contribution in [-0.2, 0) is 31.4 Å². The van der Waals surface area contributed by atoms with Crippen LogP contribution in [0.3, 0.4) is 0 Å². The fourth-order valence-corrected chi connectivity index (χ4v) is 3.43. The van der Waals surface area contributed by atoms with Gasteiger partial charge in [0.1, 0.15) is 11.5 Å². The molecule has 0 aliphatic carbocycles. The van der Waals surface area contributed by atoms with E-state index in [4.69, 9.17) is 9.11 Å². The van der Waals surface area contributed by atoms with Crippen LogP contribution in [0.2, 0.25) is 0 Å². The predicted molar refractivity (Wildman–Crippen MR) is 74.2 cm³/mol. The molecule has 102 valence electrons. The Balaban J connectivity index is -0.00000112. The molecule has 0 aliphatic heterocycles. The van der Waals surface area contributed by atoms with Gasteiger partial charge >= 0.3 is 59.1 Å². The van der Waals surface area contributed by atoms with Crippen molar-refractivity contribution >= 4 is 90.5 Å². The van der Waals surface area contributed by atoms with Crippen LogP contribution in [0.25, 0.3) is 0 Å². The van der Waals surface area contributed by atoms with Crippen molar-refractivity contribution in [3.63, 3.8) is 0 Å². The summed E-state index contributed by atoms with van der Waals surface area (Å²) in [5.74, 6) is -0.773. The van der Waals surface area contributed by atoms with E-state index < -0.39 is 42.9 Å². The summed E-state index contributed by atoms with van der Waals surface area (Å²) in [4.78, 5) is 0. The SMILES string of the molecule is O=S(=O)(O)CCC[S+]([O-])CCCS(=O)(=O)O.[NaH].[NaH]. The molecule has 7 nitrogen and oxygen atoms in total. The van der Waals surface area contributed by atoms with Crippen LogP contribution < -0.4 is 0 Å². The van der Waals surface area contributed by atoms with Crippen molar-refractivity contribution in [1.29, 1.82) is 0 Å². The van der Waals surface area contributed by atoms with Gasteiger partial charge in [0.15, 0.2) is 0 Å². The second kappa shape index (κ2) is 11.8. The van der Waals surface area contributed by atoms with Gasteiger partial charge in [-0.2, -0.15) is 16.8 Å². The van der Waals surface area contributed by atoms with Gasteiger partial charge in [-0.05, 0) is 0 Å². The maximum absolute atomic E-state index is 11.2. The Bertz CT molecular complexity index is 355. The van der Waals surface area contributed by atoms with Crippen LogP contribution >= 0.6 is 0 Å². The molecular formula is C6H16Na2O7S3. The minimum absolute atomic E-state index is 0. The zero-order chi connectivity index (χ0) is 12.8. The Morgan fingerprint density at radius 3 is 1.33 bits per heavy atom. The second-order valence-electron chi connectivity index (χ2n) is 3.13. The normalized spacial score (nSPS) is 11.8.